The van der Waals surface area contributed by atoms with E-state index in [2.05, 4.69) is 10.0 Å². The number of carbonyl (C=O) groups is 1. The first-order valence-electron chi connectivity index (χ1n) is 10.3. The number of nitrogens with one attached hydrogen (secondary N) is 2. The van der Waals surface area contributed by atoms with Crippen molar-refractivity contribution in [1.29, 1.82) is 0 Å². The van der Waals surface area contributed by atoms with Crippen LogP contribution in [0.2, 0.25) is 0 Å². The molecule has 0 atom stereocenters. The van der Waals surface area contributed by atoms with E-state index in [1.165, 1.54) is 11.6 Å². The maximum atomic E-state index is 12.9. The zero-order valence-electron chi connectivity index (χ0n) is 18.7. The summed E-state index contributed by atoms with van der Waals surface area (Å²) in [7, 11) is -3.84. The lowest BCUT2D eigenvalue weighted by Gasteiger charge is -2.13. The second-order valence-electron chi connectivity index (χ2n) is 7.80. The molecular formula is C25H28N2O4S. The summed E-state index contributed by atoms with van der Waals surface area (Å²) < 4.78 is 34.0. The molecule has 0 bridgehead atoms. The fourth-order valence-corrected chi connectivity index (χ4v) is 4.43. The highest BCUT2D eigenvalue weighted by Crippen LogP contribution is 2.21. The Hall–Kier alpha value is -3.32. The fraction of sp³-hybridized carbons (Fsp3) is 0.240. The number of aryl methyl sites for hydroxylation is 4. The highest BCUT2D eigenvalue weighted by Gasteiger charge is 2.19. The predicted octanol–water partition coefficient (Wildman–Crippen LogP) is 4.53. The number of sulfonamides is 1. The van der Waals surface area contributed by atoms with Gasteiger partial charge in [-0.1, -0.05) is 29.8 Å². The van der Waals surface area contributed by atoms with Crippen molar-refractivity contribution >= 4 is 21.6 Å². The van der Waals surface area contributed by atoms with Crippen LogP contribution in [0.15, 0.2) is 65.6 Å². The number of anilines is 1. The van der Waals surface area contributed by atoms with Gasteiger partial charge in [0.05, 0.1) is 11.4 Å². The van der Waals surface area contributed by atoms with Crippen LogP contribution in [0.1, 0.15) is 32.6 Å². The van der Waals surface area contributed by atoms with E-state index in [-0.39, 0.29) is 16.4 Å². The number of hydrogen-bond donors (Lipinski definition) is 2. The van der Waals surface area contributed by atoms with Crippen molar-refractivity contribution in [3.8, 4) is 5.75 Å². The molecule has 0 unspecified atom stereocenters. The lowest BCUT2D eigenvalue weighted by molar-refractivity contribution is 0.0946. The van der Waals surface area contributed by atoms with Gasteiger partial charge in [-0.25, -0.2) is 8.42 Å². The first kappa shape index (κ1) is 23.3. The van der Waals surface area contributed by atoms with Crippen LogP contribution in [0.3, 0.4) is 0 Å². The topological polar surface area (TPSA) is 84.5 Å². The monoisotopic (exact) mass is 452 g/mol. The van der Waals surface area contributed by atoms with Crippen molar-refractivity contribution in [3.63, 3.8) is 0 Å². The quantitative estimate of drug-likeness (QED) is 0.492. The normalized spacial score (nSPS) is 11.1. The van der Waals surface area contributed by atoms with Crippen molar-refractivity contribution in [2.24, 2.45) is 0 Å². The summed E-state index contributed by atoms with van der Waals surface area (Å²) in [5, 5.41) is 2.77. The Labute approximate surface area is 189 Å². The molecule has 0 fully saturated rings. The van der Waals surface area contributed by atoms with Crippen LogP contribution in [-0.4, -0.2) is 27.5 Å². The Bertz CT molecular complexity index is 1220. The third-order valence-electron chi connectivity index (χ3n) is 5.18. The zero-order valence-corrected chi connectivity index (χ0v) is 19.5. The molecule has 0 aromatic heterocycles. The fourth-order valence-electron chi connectivity index (χ4n) is 3.10. The standard InChI is InChI=1S/C25H28N2O4S/c1-17-5-10-22(11-6-17)27-32(29,30)24-16-21(9-7-19(24)3)25(28)26-13-14-31-23-12-8-18(2)20(4)15-23/h5-12,15-16,27H,13-14H2,1-4H3,(H,26,28). The second-order valence-corrected chi connectivity index (χ2v) is 9.45. The summed E-state index contributed by atoms with van der Waals surface area (Å²) in [6, 6.07) is 17.5. The van der Waals surface area contributed by atoms with Crippen LogP contribution >= 0.6 is 0 Å². The first-order chi connectivity index (χ1) is 15.2. The van der Waals surface area contributed by atoms with Crippen LogP contribution in [0.5, 0.6) is 5.75 Å². The van der Waals surface area contributed by atoms with E-state index in [1.807, 2.05) is 51.1 Å². The van der Waals surface area contributed by atoms with Gasteiger partial charge in [-0.3, -0.25) is 9.52 Å². The molecule has 0 radical (unpaired) electrons. The summed E-state index contributed by atoms with van der Waals surface area (Å²) in [5.74, 6) is 0.383. The largest absolute Gasteiger partial charge is 0.492 e. The van der Waals surface area contributed by atoms with Gasteiger partial charge in [-0.15, -0.1) is 0 Å². The SMILES string of the molecule is Cc1ccc(NS(=O)(=O)c2cc(C(=O)NCCOc3ccc(C)c(C)c3)ccc2C)cc1. The molecule has 0 aliphatic rings. The number of carbonyl (C=O) groups excluding carboxylic acids is 1. The highest BCUT2D eigenvalue weighted by atomic mass is 32.2. The van der Waals surface area contributed by atoms with Crippen LogP contribution in [0, 0.1) is 27.7 Å². The molecular weight excluding hydrogens is 424 g/mol. The second kappa shape index (κ2) is 9.87. The molecule has 3 aromatic rings. The van der Waals surface area contributed by atoms with E-state index in [9.17, 15) is 13.2 Å². The van der Waals surface area contributed by atoms with Crippen LogP contribution < -0.4 is 14.8 Å². The minimum absolute atomic E-state index is 0.0668. The minimum atomic E-state index is -3.84. The third kappa shape index (κ3) is 5.88. The molecule has 6 nitrogen and oxygen atoms in total. The molecule has 1 amide bonds. The zero-order chi connectivity index (χ0) is 23.3. The maximum Gasteiger partial charge on any atom is 0.262 e. The summed E-state index contributed by atoms with van der Waals surface area (Å²) in [6.07, 6.45) is 0. The molecule has 0 saturated heterocycles. The summed E-state index contributed by atoms with van der Waals surface area (Å²) in [5.41, 5.74) is 4.65. The van der Waals surface area contributed by atoms with Crippen molar-refractivity contribution in [1.82, 2.24) is 5.32 Å². The molecule has 0 aliphatic heterocycles. The average molecular weight is 453 g/mol. The third-order valence-corrected chi connectivity index (χ3v) is 6.70. The number of amides is 1. The molecule has 0 saturated carbocycles. The summed E-state index contributed by atoms with van der Waals surface area (Å²) in [4.78, 5) is 12.6. The first-order valence-corrected chi connectivity index (χ1v) is 11.8. The van der Waals surface area contributed by atoms with E-state index in [0.29, 0.717) is 24.4 Å². The van der Waals surface area contributed by atoms with Gasteiger partial charge in [-0.2, -0.15) is 0 Å². The molecule has 7 heteroatoms. The summed E-state index contributed by atoms with van der Waals surface area (Å²) in [6.45, 7) is 8.27. The smallest absolute Gasteiger partial charge is 0.262 e. The van der Waals surface area contributed by atoms with Gasteiger partial charge < -0.3 is 10.1 Å². The Morgan fingerprint density at radius 2 is 1.53 bits per heavy atom. The molecule has 3 aromatic carbocycles. The van der Waals surface area contributed by atoms with Gasteiger partial charge in [0.15, 0.2) is 0 Å². The van der Waals surface area contributed by atoms with Gasteiger partial charge >= 0.3 is 0 Å². The van der Waals surface area contributed by atoms with Gasteiger partial charge in [0.1, 0.15) is 12.4 Å². The van der Waals surface area contributed by atoms with Crippen molar-refractivity contribution < 1.29 is 17.9 Å². The lowest BCUT2D eigenvalue weighted by atomic mass is 10.1. The molecule has 2 N–H and O–H groups in total. The number of benzene rings is 3. The van der Waals surface area contributed by atoms with E-state index in [1.54, 1.807) is 31.2 Å². The maximum absolute atomic E-state index is 12.9. The average Bonchev–Trinajstić information content (AvgIpc) is 2.75. The van der Waals surface area contributed by atoms with E-state index in [0.717, 1.165) is 16.9 Å². The molecule has 168 valence electrons. The van der Waals surface area contributed by atoms with Crippen LogP contribution in [-0.2, 0) is 10.0 Å². The van der Waals surface area contributed by atoms with Crippen LogP contribution in [0.4, 0.5) is 5.69 Å². The van der Waals surface area contributed by atoms with Crippen molar-refractivity contribution in [3.05, 3.63) is 88.5 Å². The Morgan fingerprint density at radius 3 is 2.22 bits per heavy atom. The molecule has 0 aliphatic carbocycles. The number of hydrogen-bond acceptors (Lipinski definition) is 4. The Kier molecular flexibility index (Phi) is 7.20. The van der Waals surface area contributed by atoms with Gasteiger partial charge in [0.25, 0.3) is 15.9 Å². The van der Waals surface area contributed by atoms with Gasteiger partial charge in [0, 0.05) is 11.3 Å². The molecule has 0 heterocycles. The van der Waals surface area contributed by atoms with Gasteiger partial charge in [0.2, 0.25) is 0 Å². The molecule has 0 spiro atoms. The van der Waals surface area contributed by atoms with E-state index < -0.39 is 10.0 Å². The van der Waals surface area contributed by atoms with Gasteiger partial charge in [-0.05, 0) is 80.8 Å². The Balaban J connectivity index is 1.64. The van der Waals surface area contributed by atoms with Crippen molar-refractivity contribution in [2.75, 3.05) is 17.9 Å². The lowest BCUT2D eigenvalue weighted by Crippen LogP contribution is -2.28. The van der Waals surface area contributed by atoms with E-state index >= 15 is 0 Å². The Morgan fingerprint density at radius 1 is 0.844 bits per heavy atom. The van der Waals surface area contributed by atoms with Crippen molar-refractivity contribution in [2.45, 2.75) is 32.6 Å². The highest BCUT2D eigenvalue weighted by molar-refractivity contribution is 7.92. The predicted molar refractivity (Wildman–Crippen MR) is 127 cm³/mol. The molecule has 3 rings (SSSR count). The van der Waals surface area contributed by atoms with E-state index in [4.69, 9.17) is 4.74 Å². The van der Waals surface area contributed by atoms with Crippen LogP contribution in [0.25, 0.3) is 0 Å². The number of rotatable bonds is 8. The molecule has 32 heavy (non-hydrogen) atoms. The summed E-state index contributed by atoms with van der Waals surface area (Å²) >= 11 is 0. The minimum Gasteiger partial charge on any atom is -0.492 e. The number of ether oxygens (including phenoxy) is 1.